The molecule has 2 fully saturated rings. The van der Waals surface area contributed by atoms with Gasteiger partial charge in [-0.25, -0.2) is 9.78 Å². The van der Waals surface area contributed by atoms with Crippen LogP contribution in [0.3, 0.4) is 0 Å². The van der Waals surface area contributed by atoms with E-state index >= 15 is 0 Å². The van der Waals surface area contributed by atoms with E-state index < -0.39 is 34.5 Å². The maximum atomic E-state index is 13.7. The minimum atomic E-state index is -1.15. The molecule has 0 spiro atoms. The molecule has 2 aromatic rings. The van der Waals surface area contributed by atoms with Crippen molar-refractivity contribution in [1.82, 2.24) is 26.1 Å². The van der Waals surface area contributed by atoms with Gasteiger partial charge in [-0.2, -0.15) is 0 Å². The monoisotopic (exact) mass is 583 g/mol. The summed E-state index contributed by atoms with van der Waals surface area (Å²) >= 11 is 0.929. The van der Waals surface area contributed by atoms with Crippen molar-refractivity contribution >= 4 is 45.9 Å². The number of ether oxygens (including phenoxy) is 3. The average Bonchev–Trinajstić information content (AvgIpc) is 3.45. The minimum absolute atomic E-state index is 0. The number of imidazole rings is 1. The average molecular weight is 584 g/mol. The number of cyclic esters (lactones) is 1. The van der Waals surface area contributed by atoms with Gasteiger partial charge in [0.25, 0.3) is 0 Å². The number of carbonyl (C=O) groups is 4. The summed E-state index contributed by atoms with van der Waals surface area (Å²) in [6.45, 7) is 4.80. The van der Waals surface area contributed by atoms with E-state index in [4.69, 9.17) is 14.2 Å². The number of rotatable bonds is 6. The second kappa shape index (κ2) is 11.2. The molecular weight excluding hydrogens is 550 g/mol. The molecule has 2 bridgehead atoms. The van der Waals surface area contributed by atoms with Gasteiger partial charge in [0.1, 0.15) is 21.6 Å². The third kappa shape index (κ3) is 4.97. The van der Waals surface area contributed by atoms with Gasteiger partial charge >= 0.3 is 17.9 Å². The van der Waals surface area contributed by atoms with Crippen molar-refractivity contribution in [2.75, 3.05) is 7.11 Å². The van der Waals surface area contributed by atoms with Gasteiger partial charge in [0, 0.05) is 41.5 Å². The normalized spacial score (nSPS) is 29.2. The summed E-state index contributed by atoms with van der Waals surface area (Å²) in [6.07, 6.45) is 11.3. The van der Waals surface area contributed by atoms with E-state index in [2.05, 4.69) is 19.9 Å². The number of aromatic nitrogens is 4. The first kappa shape index (κ1) is 30.1. The van der Waals surface area contributed by atoms with E-state index in [9.17, 15) is 19.2 Å². The molecule has 41 heavy (non-hydrogen) atoms. The Hall–Kier alpha value is -3.84. The van der Waals surface area contributed by atoms with Gasteiger partial charge in [-0.15, -0.1) is 0 Å². The van der Waals surface area contributed by atoms with Crippen LogP contribution in [0.4, 0.5) is 0 Å². The number of hydrogen-bond acceptors (Lipinski definition) is 11. The van der Waals surface area contributed by atoms with E-state index in [1.807, 2.05) is 0 Å². The molecular formula is C28H33N5O7S. The number of esters is 3. The van der Waals surface area contributed by atoms with E-state index in [1.54, 1.807) is 38.2 Å². The van der Waals surface area contributed by atoms with E-state index in [0.29, 0.717) is 53.0 Å². The van der Waals surface area contributed by atoms with Crippen molar-refractivity contribution in [3.63, 3.8) is 0 Å². The minimum Gasteiger partial charge on any atom is -0.466 e. The first-order valence-electron chi connectivity index (χ1n) is 12.9. The molecule has 4 atom stereocenters. The molecule has 3 heterocycles. The zero-order chi connectivity index (χ0) is 28.7. The summed E-state index contributed by atoms with van der Waals surface area (Å²) < 4.78 is 17.1. The lowest BCUT2D eigenvalue weighted by Crippen LogP contribution is -2.65. The standard InChI is InChI=1S/C28H29N4O7S.H3N/c1-16(24(35)40-22-20-21(30-14-29-20)31-15-32-22)6-5-10-26(3)19-9-12-27(25(36)39-26)11-7-18(23(34)37-4)8-13-28(19,27)38-17(2)33;/h5-7,10,14-15,19H,8-9,11-13H2,1-4H3;1H3/q-1;/p+1/b10-5+,16-6+;/t19-,26+,27+,28-;/m0./s1. The fraction of sp³-hybridized carbons (Fsp3) is 0.464. The van der Waals surface area contributed by atoms with Crippen molar-refractivity contribution in [3.05, 3.63) is 48.1 Å². The van der Waals surface area contributed by atoms with Crippen LogP contribution in [0.5, 0.6) is 0 Å². The maximum absolute atomic E-state index is 13.7. The number of thioether (sulfide) groups is 1. The Kier molecular flexibility index (Phi) is 8.23. The fourth-order valence-corrected chi connectivity index (χ4v) is 7.14. The molecule has 5 rings (SSSR count). The molecule has 0 aromatic carbocycles. The Labute approximate surface area is 241 Å². The summed E-state index contributed by atoms with van der Waals surface area (Å²) in [5.74, 6) is -1.78. The lowest BCUT2D eigenvalue weighted by atomic mass is 9.62. The Morgan fingerprint density at radius 3 is 2.71 bits per heavy atom. The van der Waals surface area contributed by atoms with Crippen LogP contribution in [-0.2, 0) is 33.4 Å². The van der Waals surface area contributed by atoms with Crippen LogP contribution < -0.4 is 11.1 Å². The highest BCUT2D eigenvalue weighted by atomic mass is 32.2. The molecule has 0 amide bonds. The predicted molar refractivity (Wildman–Crippen MR) is 148 cm³/mol. The second-order valence-electron chi connectivity index (χ2n) is 10.5. The van der Waals surface area contributed by atoms with Gasteiger partial charge in [0.05, 0.1) is 7.11 Å². The highest BCUT2D eigenvalue weighted by molar-refractivity contribution is 8.14. The Bertz CT molecular complexity index is 1500. The molecule has 0 radical (unpaired) electrons. The van der Waals surface area contributed by atoms with E-state index in [0.717, 1.165) is 11.8 Å². The molecule has 1 aliphatic heterocycles. The lowest BCUT2D eigenvalue weighted by Gasteiger charge is -2.54. The number of allylic oxidation sites excluding steroid dienone is 3. The molecule has 2 aromatic heterocycles. The second-order valence-corrected chi connectivity index (χ2v) is 11.4. The quantitative estimate of drug-likeness (QED) is 0.130. The Balaban J connectivity index is 0.00000387. The molecule has 1 saturated heterocycles. The van der Waals surface area contributed by atoms with Crippen LogP contribution in [0, 0.1) is 11.3 Å². The first-order chi connectivity index (χ1) is 19.0. The zero-order valence-corrected chi connectivity index (χ0v) is 24.4. The Morgan fingerprint density at radius 1 is 1.20 bits per heavy atom. The lowest BCUT2D eigenvalue weighted by molar-refractivity contribution is -0.235. The Morgan fingerprint density at radius 2 is 1.98 bits per heavy atom. The fourth-order valence-electron chi connectivity index (χ4n) is 6.39. The number of hydrogen-bond donors (Lipinski definition) is 1. The summed E-state index contributed by atoms with van der Waals surface area (Å²) in [5.41, 5.74) is -1.58. The third-order valence-electron chi connectivity index (χ3n) is 8.29. The van der Waals surface area contributed by atoms with Crippen LogP contribution in [-0.4, -0.2) is 56.3 Å². The summed E-state index contributed by atoms with van der Waals surface area (Å²) in [6, 6.07) is 0. The van der Waals surface area contributed by atoms with Crippen molar-refractivity contribution in [3.8, 4) is 0 Å². The molecule has 13 heteroatoms. The van der Waals surface area contributed by atoms with Crippen molar-refractivity contribution in [2.45, 2.75) is 69.1 Å². The summed E-state index contributed by atoms with van der Waals surface area (Å²) in [7, 11) is 1.31. The van der Waals surface area contributed by atoms with Crippen LogP contribution in [0.1, 0.15) is 52.9 Å². The number of carbonyl (C=O) groups excluding carboxylic acids is 4. The van der Waals surface area contributed by atoms with Gasteiger partial charge in [0.15, 0.2) is 0 Å². The van der Waals surface area contributed by atoms with Crippen LogP contribution in [0.15, 0.2) is 53.1 Å². The van der Waals surface area contributed by atoms with Crippen LogP contribution >= 0.6 is 11.8 Å². The summed E-state index contributed by atoms with van der Waals surface area (Å²) in [4.78, 5) is 67.7. The third-order valence-corrected chi connectivity index (χ3v) is 9.28. The SMILES string of the molecule is COC(=O)C1=CC[C@@]23CC[C@@H]([C@@](C)(/C=C/C=C(\C)C(=O)Sc4ncnc5[n-]cnc45)OC2=O)[C@@]3(OC(C)=O)CC1.[NH4+]. The van der Waals surface area contributed by atoms with Gasteiger partial charge in [-0.3, -0.25) is 14.4 Å². The number of methoxy groups -OCH3 is 1. The topological polar surface area (TPSA) is 185 Å². The first-order valence-corrected chi connectivity index (χ1v) is 13.7. The number of nitrogens with zero attached hydrogens (tertiary/aromatic N) is 4. The molecule has 218 valence electrons. The molecule has 1 saturated carbocycles. The highest BCUT2D eigenvalue weighted by Crippen LogP contribution is 2.65. The highest BCUT2D eigenvalue weighted by Gasteiger charge is 2.74. The van der Waals surface area contributed by atoms with Crippen molar-refractivity contribution < 1.29 is 33.4 Å². The number of fused-ring (bicyclic) bond motifs is 1. The van der Waals surface area contributed by atoms with Crippen molar-refractivity contribution in [2.24, 2.45) is 11.3 Å². The molecule has 3 aliphatic rings. The molecule has 12 nitrogen and oxygen atoms in total. The van der Waals surface area contributed by atoms with Gasteiger partial charge in [-0.05, 0) is 70.1 Å². The summed E-state index contributed by atoms with van der Waals surface area (Å²) in [5, 5.41) is 0.177. The van der Waals surface area contributed by atoms with Crippen LogP contribution in [0.25, 0.3) is 11.2 Å². The molecule has 4 N–H and O–H groups in total. The van der Waals surface area contributed by atoms with Gasteiger partial charge in [-0.1, -0.05) is 18.2 Å². The number of quaternary nitrogens is 1. The molecule has 0 unspecified atom stereocenters. The largest absolute Gasteiger partial charge is 0.466 e. The zero-order valence-electron chi connectivity index (χ0n) is 23.6. The van der Waals surface area contributed by atoms with E-state index in [-0.39, 0.29) is 23.6 Å². The van der Waals surface area contributed by atoms with Crippen LogP contribution in [0.2, 0.25) is 0 Å². The van der Waals surface area contributed by atoms with Gasteiger partial charge in [0.2, 0.25) is 5.12 Å². The maximum Gasteiger partial charge on any atom is 0.333 e. The molecule has 2 aliphatic carbocycles. The van der Waals surface area contributed by atoms with E-state index in [1.165, 1.54) is 26.7 Å². The predicted octanol–water partition coefficient (Wildman–Crippen LogP) is 3.78. The van der Waals surface area contributed by atoms with Gasteiger partial charge < -0.3 is 35.3 Å². The smallest absolute Gasteiger partial charge is 0.333 e. The van der Waals surface area contributed by atoms with Crippen molar-refractivity contribution in [1.29, 1.82) is 0 Å².